The van der Waals surface area contributed by atoms with E-state index in [1.807, 2.05) is 20.8 Å². The molecule has 0 saturated carbocycles. The first kappa shape index (κ1) is 14.5. The van der Waals surface area contributed by atoms with Gasteiger partial charge in [-0.15, -0.1) is 0 Å². The van der Waals surface area contributed by atoms with Crippen LogP contribution in [0.3, 0.4) is 0 Å². The van der Waals surface area contributed by atoms with Gasteiger partial charge in [0, 0.05) is 17.1 Å². The fourth-order valence-corrected chi connectivity index (χ4v) is 2.67. The molecule has 0 spiro atoms. The maximum absolute atomic E-state index is 13.2. The highest BCUT2D eigenvalue weighted by Gasteiger charge is 2.08. The predicted octanol–water partition coefficient (Wildman–Crippen LogP) is 3.70. The monoisotopic (exact) mass is 287 g/mol. The molecule has 0 aliphatic carbocycles. The van der Waals surface area contributed by atoms with Gasteiger partial charge in [-0.1, -0.05) is 11.8 Å². The SMILES string of the molecule is Cc1nc(SCc2cc(F)ccc2C#N)nc(C)c1C. The molecule has 0 fully saturated rings. The van der Waals surface area contributed by atoms with Crippen LogP contribution in [0.15, 0.2) is 23.4 Å². The van der Waals surface area contributed by atoms with E-state index >= 15 is 0 Å². The lowest BCUT2D eigenvalue weighted by atomic mass is 10.1. The van der Waals surface area contributed by atoms with Crippen LogP contribution in [0.25, 0.3) is 0 Å². The predicted molar refractivity (Wildman–Crippen MR) is 76.9 cm³/mol. The fourth-order valence-electron chi connectivity index (χ4n) is 1.74. The molecular formula is C15H14FN3S. The number of benzene rings is 1. The number of nitriles is 1. The molecule has 0 radical (unpaired) electrons. The first-order valence-electron chi connectivity index (χ1n) is 6.14. The Morgan fingerprint density at radius 2 is 1.85 bits per heavy atom. The summed E-state index contributed by atoms with van der Waals surface area (Å²) in [5.74, 6) is 0.138. The molecule has 5 heteroatoms. The van der Waals surface area contributed by atoms with Gasteiger partial charge in [-0.3, -0.25) is 0 Å². The van der Waals surface area contributed by atoms with E-state index in [1.165, 1.54) is 30.0 Å². The van der Waals surface area contributed by atoms with Crippen molar-refractivity contribution in [3.63, 3.8) is 0 Å². The second kappa shape index (κ2) is 6.02. The average molecular weight is 287 g/mol. The van der Waals surface area contributed by atoms with Gasteiger partial charge in [0.15, 0.2) is 5.16 Å². The largest absolute Gasteiger partial charge is 0.228 e. The minimum Gasteiger partial charge on any atom is -0.228 e. The molecule has 20 heavy (non-hydrogen) atoms. The maximum Gasteiger partial charge on any atom is 0.188 e. The zero-order chi connectivity index (χ0) is 14.7. The van der Waals surface area contributed by atoms with E-state index in [4.69, 9.17) is 5.26 Å². The molecule has 1 aromatic carbocycles. The lowest BCUT2D eigenvalue weighted by Crippen LogP contribution is -1.98. The van der Waals surface area contributed by atoms with Crippen molar-refractivity contribution in [1.82, 2.24) is 9.97 Å². The van der Waals surface area contributed by atoms with E-state index in [2.05, 4.69) is 16.0 Å². The third-order valence-corrected chi connectivity index (χ3v) is 4.05. The molecule has 0 bridgehead atoms. The van der Waals surface area contributed by atoms with E-state index in [0.717, 1.165) is 17.0 Å². The van der Waals surface area contributed by atoms with Crippen molar-refractivity contribution in [1.29, 1.82) is 5.26 Å². The van der Waals surface area contributed by atoms with Gasteiger partial charge in [0.1, 0.15) is 5.82 Å². The van der Waals surface area contributed by atoms with Crippen LogP contribution in [0.4, 0.5) is 4.39 Å². The summed E-state index contributed by atoms with van der Waals surface area (Å²) in [7, 11) is 0. The molecule has 0 atom stereocenters. The zero-order valence-corrected chi connectivity index (χ0v) is 12.4. The smallest absolute Gasteiger partial charge is 0.188 e. The van der Waals surface area contributed by atoms with Crippen molar-refractivity contribution in [2.75, 3.05) is 0 Å². The number of rotatable bonds is 3. The number of aryl methyl sites for hydroxylation is 2. The molecule has 0 aliphatic heterocycles. The van der Waals surface area contributed by atoms with Crippen LogP contribution < -0.4 is 0 Å². The molecule has 0 N–H and O–H groups in total. The zero-order valence-electron chi connectivity index (χ0n) is 11.6. The maximum atomic E-state index is 13.2. The summed E-state index contributed by atoms with van der Waals surface area (Å²) in [5, 5.41) is 9.67. The summed E-state index contributed by atoms with van der Waals surface area (Å²) in [6, 6.07) is 6.25. The van der Waals surface area contributed by atoms with Gasteiger partial charge in [-0.25, -0.2) is 14.4 Å². The summed E-state index contributed by atoms with van der Waals surface area (Å²) < 4.78 is 13.2. The van der Waals surface area contributed by atoms with Gasteiger partial charge in [-0.2, -0.15) is 5.26 Å². The van der Waals surface area contributed by atoms with E-state index in [9.17, 15) is 4.39 Å². The van der Waals surface area contributed by atoms with Crippen LogP contribution >= 0.6 is 11.8 Å². The molecule has 2 aromatic rings. The first-order valence-corrected chi connectivity index (χ1v) is 7.13. The van der Waals surface area contributed by atoms with E-state index in [1.54, 1.807) is 0 Å². The Hall–Kier alpha value is -1.93. The van der Waals surface area contributed by atoms with Crippen molar-refractivity contribution in [3.8, 4) is 6.07 Å². The van der Waals surface area contributed by atoms with Crippen molar-refractivity contribution in [2.24, 2.45) is 0 Å². The Labute approximate surface area is 121 Å². The molecule has 0 amide bonds. The van der Waals surface area contributed by atoms with Gasteiger partial charge in [0.2, 0.25) is 0 Å². The van der Waals surface area contributed by atoms with E-state index in [-0.39, 0.29) is 5.82 Å². The van der Waals surface area contributed by atoms with E-state index in [0.29, 0.717) is 22.0 Å². The number of hydrogen-bond donors (Lipinski definition) is 0. The Morgan fingerprint density at radius 3 is 2.45 bits per heavy atom. The summed E-state index contributed by atoms with van der Waals surface area (Å²) >= 11 is 1.41. The van der Waals surface area contributed by atoms with Gasteiger partial charge in [-0.05, 0) is 50.1 Å². The fraction of sp³-hybridized carbons (Fsp3) is 0.267. The Bertz CT molecular complexity index is 669. The Balaban J connectivity index is 2.21. The highest BCUT2D eigenvalue weighted by atomic mass is 32.2. The van der Waals surface area contributed by atoms with Gasteiger partial charge in [0.05, 0.1) is 11.6 Å². The van der Waals surface area contributed by atoms with Crippen molar-refractivity contribution in [3.05, 3.63) is 52.1 Å². The molecule has 0 aliphatic rings. The quantitative estimate of drug-likeness (QED) is 0.638. The lowest BCUT2D eigenvalue weighted by Gasteiger charge is -2.07. The third-order valence-electron chi connectivity index (χ3n) is 3.16. The molecule has 3 nitrogen and oxygen atoms in total. The lowest BCUT2D eigenvalue weighted by molar-refractivity contribution is 0.626. The van der Waals surface area contributed by atoms with E-state index < -0.39 is 0 Å². The molecule has 2 rings (SSSR count). The summed E-state index contributed by atoms with van der Waals surface area (Å²) in [6.07, 6.45) is 0. The van der Waals surface area contributed by atoms with Crippen LogP contribution in [-0.4, -0.2) is 9.97 Å². The second-order valence-electron chi connectivity index (χ2n) is 4.50. The summed E-state index contributed by atoms with van der Waals surface area (Å²) in [5.41, 5.74) is 4.12. The number of halogens is 1. The van der Waals surface area contributed by atoms with Crippen LogP contribution in [-0.2, 0) is 5.75 Å². The highest BCUT2D eigenvalue weighted by Crippen LogP contribution is 2.23. The number of thioether (sulfide) groups is 1. The van der Waals surface area contributed by atoms with Gasteiger partial charge >= 0.3 is 0 Å². The number of aromatic nitrogens is 2. The molecule has 1 heterocycles. The van der Waals surface area contributed by atoms with Crippen LogP contribution in [0.2, 0.25) is 0 Å². The Morgan fingerprint density at radius 1 is 1.20 bits per heavy atom. The average Bonchev–Trinajstić information content (AvgIpc) is 2.42. The van der Waals surface area contributed by atoms with Gasteiger partial charge in [0.25, 0.3) is 0 Å². The number of nitrogens with zero attached hydrogens (tertiary/aromatic N) is 3. The number of hydrogen-bond acceptors (Lipinski definition) is 4. The standard InChI is InChI=1S/C15H14FN3S/c1-9-10(2)18-15(19-11(9)3)20-8-13-6-14(16)5-4-12(13)7-17/h4-6H,8H2,1-3H3. The highest BCUT2D eigenvalue weighted by molar-refractivity contribution is 7.98. The molecule has 0 saturated heterocycles. The molecular weight excluding hydrogens is 273 g/mol. The molecule has 1 aromatic heterocycles. The van der Waals surface area contributed by atoms with Crippen LogP contribution in [0.1, 0.15) is 28.1 Å². The van der Waals surface area contributed by atoms with Crippen LogP contribution in [0.5, 0.6) is 0 Å². The van der Waals surface area contributed by atoms with Crippen molar-refractivity contribution >= 4 is 11.8 Å². The normalized spacial score (nSPS) is 10.3. The molecule has 102 valence electrons. The second-order valence-corrected chi connectivity index (χ2v) is 5.45. The minimum absolute atomic E-state index is 0.336. The van der Waals surface area contributed by atoms with Crippen molar-refractivity contribution < 1.29 is 4.39 Å². The third kappa shape index (κ3) is 3.14. The minimum atomic E-state index is -0.336. The Kier molecular flexibility index (Phi) is 4.35. The van der Waals surface area contributed by atoms with Gasteiger partial charge < -0.3 is 0 Å². The first-order chi connectivity index (χ1) is 9.51. The summed E-state index contributed by atoms with van der Waals surface area (Å²) in [6.45, 7) is 5.87. The topological polar surface area (TPSA) is 49.6 Å². The van der Waals surface area contributed by atoms with Crippen LogP contribution in [0, 0.1) is 37.9 Å². The van der Waals surface area contributed by atoms with Crippen molar-refractivity contribution in [2.45, 2.75) is 31.7 Å². The summed E-state index contributed by atoms with van der Waals surface area (Å²) in [4.78, 5) is 8.80. The molecule has 0 unspecified atom stereocenters.